The van der Waals surface area contributed by atoms with Crippen molar-refractivity contribution in [1.29, 1.82) is 0 Å². The maximum atomic E-state index is 12.5. The molecule has 0 aliphatic carbocycles. The standard InChI is InChI=1S/C18H21N3O2S/c22-17(9-15-11-20-13-24-15)21-7-5-18(6-8-21)12-19-10-14-3-1-2-4-16(14)23-18/h1-4,11,13,19H,5-10,12H2. The smallest absolute Gasteiger partial charge is 0.227 e. The van der Waals surface area contributed by atoms with Crippen molar-refractivity contribution in [3.05, 3.63) is 46.4 Å². The molecular weight excluding hydrogens is 322 g/mol. The number of fused-ring (bicyclic) bond motifs is 1. The van der Waals surface area contributed by atoms with Gasteiger partial charge in [-0.3, -0.25) is 9.78 Å². The zero-order valence-electron chi connectivity index (χ0n) is 13.5. The van der Waals surface area contributed by atoms with E-state index in [9.17, 15) is 4.79 Å². The summed E-state index contributed by atoms with van der Waals surface area (Å²) in [5.41, 5.74) is 2.78. The number of carbonyl (C=O) groups is 1. The lowest BCUT2D eigenvalue weighted by molar-refractivity contribution is -0.133. The summed E-state index contributed by atoms with van der Waals surface area (Å²) in [5, 5.41) is 3.51. The van der Waals surface area contributed by atoms with Gasteiger partial charge in [0.15, 0.2) is 0 Å². The SMILES string of the molecule is O=C(Cc1cncs1)N1CCC2(CC1)CNCc1ccccc1O2. The molecule has 0 bridgehead atoms. The Hall–Kier alpha value is -1.92. The van der Waals surface area contributed by atoms with Crippen LogP contribution in [0.15, 0.2) is 36.0 Å². The number of hydrogen-bond acceptors (Lipinski definition) is 5. The summed E-state index contributed by atoms with van der Waals surface area (Å²) in [6.45, 7) is 3.17. The summed E-state index contributed by atoms with van der Waals surface area (Å²) in [6.07, 6.45) is 3.97. The summed E-state index contributed by atoms with van der Waals surface area (Å²) in [6, 6.07) is 8.22. The van der Waals surface area contributed by atoms with Gasteiger partial charge in [-0.15, -0.1) is 11.3 Å². The Bertz CT molecular complexity index is 709. The third-order valence-corrected chi connectivity index (χ3v) is 5.68. The van der Waals surface area contributed by atoms with Gasteiger partial charge in [-0.1, -0.05) is 18.2 Å². The molecule has 5 nitrogen and oxygen atoms in total. The number of aromatic nitrogens is 1. The van der Waals surface area contributed by atoms with Crippen LogP contribution < -0.4 is 10.1 Å². The molecule has 0 radical (unpaired) electrons. The molecule has 2 aliphatic rings. The number of ether oxygens (including phenoxy) is 1. The Kier molecular flexibility index (Phi) is 4.24. The van der Waals surface area contributed by atoms with Crippen molar-refractivity contribution in [3.8, 4) is 5.75 Å². The van der Waals surface area contributed by atoms with E-state index in [-0.39, 0.29) is 11.5 Å². The van der Waals surface area contributed by atoms with Crippen LogP contribution in [0.1, 0.15) is 23.3 Å². The fraction of sp³-hybridized carbons (Fsp3) is 0.444. The zero-order valence-corrected chi connectivity index (χ0v) is 14.3. The van der Waals surface area contributed by atoms with E-state index in [0.29, 0.717) is 6.42 Å². The number of hydrogen-bond donors (Lipinski definition) is 1. The van der Waals surface area contributed by atoms with Crippen molar-refractivity contribution in [3.63, 3.8) is 0 Å². The van der Waals surface area contributed by atoms with Gasteiger partial charge in [0.25, 0.3) is 0 Å². The van der Waals surface area contributed by atoms with Gasteiger partial charge in [0, 0.05) is 55.7 Å². The van der Waals surface area contributed by atoms with Crippen molar-refractivity contribution in [2.24, 2.45) is 0 Å². The van der Waals surface area contributed by atoms with Crippen LogP contribution in [0.5, 0.6) is 5.75 Å². The highest BCUT2D eigenvalue weighted by Crippen LogP contribution is 2.32. The molecule has 6 heteroatoms. The van der Waals surface area contributed by atoms with Gasteiger partial charge in [-0.2, -0.15) is 0 Å². The van der Waals surface area contributed by atoms with Crippen molar-refractivity contribution in [1.82, 2.24) is 15.2 Å². The first-order valence-corrected chi connectivity index (χ1v) is 9.25. The molecule has 1 spiro atoms. The first-order valence-electron chi connectivity index (χ1n) is 8.37. The fourth-order valence-corrected chi connectivity index (χ4v) is 4.06. The molecule has 1 fully saturated rings. The summed E-state index contributed by atoms with van der Waals surface area (Å²) in [5.74, 6) is 1.17. The highest BCUT2D eigenvalue weighted by atomic mass is 32.1. The first kappa shape index (κ1) is 15.6. The lowest BCUT2D eigenvalue weighted by Crippen LogP contribution is -2.53. The first-order chi connectivity index (χ1) is 11.7. The normalized spacial score (nSPS) is 19.4. The van der Waals surface area contributed by atoms with Gasteiger partial charge in [0.1, 0.15) is 11.4 Å². The van der Waals surface area contributed by atoms with Crippen LogP contribution in [-0.2, 0) is 17.8 Å². The van der Waals surface area contributed by atoms with Gasteiger partial charge in [-0.05, 0) is 6.07 Å². The van der Waals surface area contributed by atoms with Crippen molar-refractivity contribution in [2.45, 2.75) is 31.4 Å². The summed E-state index contributed by atoms with van der Waals surface area (Å²) < 4.78 is 6.41. The number of benzene rings is 1. The number of nitrogens with zero attached hydrogens (tertiary/aromatic N) is 2. The minimum atomic E-state index is -0.201. The zero-order chi connectivity index (χ0) is 16.4. The Morgan fingerprint density at radius 1 is 1.33 bits per heavy atom. The molecule has 1 aromatic heterocycles. The fourth-order valence-electron chi connectivity index (χ4n) is 3.48. The number of nitrogens with one attached hydrogen (secondary N) is 1. The molecule has 1 aromatic carbocycles. The molecular formula is C18H21N3O2S. The predicted molar refractivity (Wildman–Crippen MR) is 93.1 cm³/mol. The minimum Gasteiger partial charge on any atom is -0.485 e. The second-order valence-corrected chi connectivity index (χ2v) is 7.49. The van der Waals surface area contributed by atoms with Crippen molar-refractivity contribution < 1.29 is 9.53 Å². The average molecular weight is 343 g/mol. The van der Waals surface area contributed by atoms with E-state index in [1.54, 1.807) is 11.7 Å². The van der Waals surface area contributed by atoms with Crippen molar-refractivity contribution in [2.75, 3.05) is 19.6 Å². The topological polar surface area (TPSA) is 54.5 Å². The molecule has 2 aliphatic heterocycles. The highest BCUT2D eigenvalue weighted by molar-refractivity contribution is 7.09. The van der Waals surface area contributed by atoms with Crippen LogP contribution in [0.25, 0.3) is 0 Å². The van der Waals surface area contributed by atoms with Crippen LogP contribution in [-0.4, -0.2) is 41.0 Å². The number of rotatable bonds is 2. The monoisotopic (exact) mass is 343 g/mol. The quantitative estimate of drug-likeness (QED) is 0.908. The Balaban J connectivity index is 1.41. The van der Waals surface area contributed by atoms with E-state index in [4.69, 9.17) is 4.74 Å². The minimum absolute atomic E-state index is 0.191. The molecule has 24 heavy (non-hydrogen) atoms. The number of piperidine rings is 1. The van der Waals surface area contributed by atoms with Gasteiger partial charge in [-0.25, -0.2) is 0 Å². The molecule has 126 valence electrons. The van der Waals surface area contributed by atoms with Crippen molar-refractivity contribution >= 4 is 17.2 Å². The second kappa shape index (κ2) is 6.53. The van der Waals surface area contributed by atoms with Gasteiger partial charge in [0.2, 0.25) is 5.91 Å². The van der Waals surface area contributed by atoms with Crippen LogP contribution in [0.3, 0.4) is 0 Å². The Morgan fingerprint density at radius 2 is 2.17 bits per heavy atom. The summed E-state index contributed by atoms with van der Waals surface area (Å²) in [4.78, 5) is 19.5. The number of carbonyl (C=O) groups excluding carboxylic acids is 1. The molecule has 2 aromatic rings. The van der Waals surface area contributed by atoms with Crippen LogP contribution in [0.4, 0.5) is 0 Å². The molecule has 3 heterocycles. The maximum Gasteiger partial charge on any atom is 0.227 e. The lowest BCUT2D eigenvalue weighted by Gasteiger charge is -2.41. The average Bonchev–Trinajstić information content (AvgIpc) is 3.03. The Morgan fingerprint density at radius 3 is 2.96 bits per heavy atom. The maximum absolute atomic E-state index is 12.5. The number of amides is 1. The lowest BCUT2D eigenvalue weighted by atomic mass is 9.90. The largest absolute Gasteiger partial charge is 0.485 e. The highest BCUT2D eigenvalue weighted by Gasteiger charge is 2.39. The number of para-hydroxylation sites is 1. The van der Waals surface area contributed by atoms with Gasteiger partial charge >= 0.3 is 0 Å². The van der Waals surface area contributed by atoms with Crippen LogP contribution in [0, 0.1) is 0 Å². The number of likely N-dealkylation sites (tertiary alicyclic amines) is 1. The molecule has 1 saturated heterocycles. The molecule has 1 amide bonds. The van der Waals surface area contributed by atoms with E-state index in [1.807, 2.05) is 23.1 Å². The second-order valence-electron chi connectivity index (χ2n) is 6.52. The number of thiazole rings is 1. The van der Waals surface area contributed by atoms with Crippen LogP contribution in [0.2, 0.25) is 0 Å². The summed E-state index contributed by atoms with van der Waals surface area (Å²) >= 11 is 1.54. The Labute approximate surface area is 145 Å². The van der Waals surface area contributed by atoms with Gasteiger partial charge < -0.3 is 15.0 Å². The molecule has 0 atom stereocenters. The predicted octanol–water partition coefficient (Wildman–Crippen LogP) is 2.23. The third kappa shape index (κ3) is 3.16. The third-order valence-electron chi connectivity index (χ3n) is 4.90. The van der Waals surface area contributed by atoms with E-state index < -0.39 is 0 Å². The van der Waals surface area contributed by atoms with E-state index in [2.05, 4.69) is 16.4 Å². The van der Waals surface area contributed by atoms with E-state index in [1.165, 1.54) is 16.9 Å². The molecule has 0 saturated carbocycles. The van der Waals surface area contributed by atoms with Gasteiger partial charge in [0.05, 0.1) is 11.9 Å². The summed E-state index contributed by atoms with van der Waals surface area (Å²) in [7, 11) is 0. The van der Waals surface area contributed by atoms with Crippen LogP contribution >= 0.6 is 11.3 Å². The molecule has 0 unspecified atom stereocenters. The molecule has 1 N–H and O–H groups in total. The molecule has 4 rings (SSSR count). The van der Waals surface area contributed by atoms with E-state index in [0.717, 1.165) is 49.6 Å². The van der Waals surface area contributed by atoms with E-state index >= 15 is 0 Å².